The predicted molar refractivity (Wildman–Crippen MR) is 53.4 cm³/mol. The van der Waals surface area contributed by atoms with Crippen LogP contribution in [0.4, 0.5) is 26.3 Å². The van der Waals surface area contributed by atoms with Crippen LogP contribution < -0.4 is 0 Å². The number of alkyl halides is 6. The Morgan fingerprint density at radius 1 is 1.16 bits per heavy atom. The summed E-state index contributed by atoms with van der Waals surface area (Å²) >= 11 is 0. The standard InChI is InChI=1S/C11H14F6O2/c12-10(13,14)9(11(15,16)17)8(18)5-1-3-7-4-2-6-19-7/h7,9H,1-6H2. The van der Waals surface area contributed by atoms with Crippen molar-refractivity contribution in [2.24, 2.45) is 5.92 Å². The number of Topliss-reactive ketones (excluding diaryl/α,β-unsaturated/α-hetero) is 1. The van der Waals surface area contributed by atoms with Gasteiger partial charge in [-0.2, -0.15) is 26.3 Å². The minimum atomic E-state index is -5.58. The van der Waals surface area contributed by atoms with Crippen LogP contribution in [0.15, 0.2) is 0 Å². The molecular formula is C11H14F6O2. The largest absolute Gasteiger partial charge is 0.407 e. The highest BCUT2D eigenvalue weighted by molar-refractivity contribution is 5.82. The third-order valence-electron chi connectivity index (χ3n) is 2.95. The zero-order chi connectivity index (χ0) is 14.7. The van der Waals surface area contributed by atoms with E-state index in [0.717, 1.165) is 12.8 Å². The van der Waals surface area contributed by atoms with Gasteiger partial charge in [-0.1, -0.05) is 0 Å². The maximum atomic E-state index is 12.2. The first-order valence-electron chi connectivity index (χ1n) is 5.90. The van der Waals surface area contributed by atoms with Crippen LogP contribution in [0, 0.1) is 5.92 Å². The Morgan fingerprint density at radius 2 is 1.74 bits per heavy atom. The molecule has 1 aliphatic heterocycles. The monoisotopic (exact) mass is 292 g/mol. The van der Waals surface area contributed by atoms with Gasteiger partial charge >= 0.3 is 12.4 Å². The van der Waals surface area contributed by atoms with E-state index < -0.39 is 30.5 Å². The molecule has 112 valence electrons. The normalized spacial score (nSPS) is 21.1. The first-order valence-corrected chi connectivity index (χ1v) is 5.90. The van der Waals surface area contributed by atoms with E-state index in [-0.39, 0.29) is 12.5 Å². The first kappa shape index (κ1) is 16.3. The van der Waals surface area contributed by atoms with Crippen molar-refractivity contribution < 1.29 is 35.9 Å². The second-order valence-corrected chi connectivity index (χ2v) is 4.51. The lowest BCUT2D eigenvalue weighted by molar-refractivity contribution is -0.273. The molecule has 0 aromatic heterocycles. The van der Waals surface area contributed by atoms with E-state index in [2.05, 4.69) is 0 Å². The first-order chi connectivity index (χ1) is 8.62. The van der Waals surface area contributed by atoms with Crippen LogP contribution in [-0.2, 0) is 9.53 Å². The van der Waals surface area contributed by atoms with Crippen LogP contribution in [0.1, 0.15) is 32.1 Å². The van der Waals surface area contributed by atoms with E-state index >= 15 is 0 Å². The summed E-state index contributed by atoms with van der Waals surface area (Å²) in [6, 6.07) is 0. The quantitative estimate of drug-likeness (QED) is 0.723. The number of carbonyl (C=O) groups is 1. The average molecular weight is 292 g/mol. The minimum absolute atomic E-state index is 0.0217. The van der Waals surface area contributed by atoms with Crippen molar-refractivity contribution in [2.45, 2.75) is 50.6 Å². The maximum Gasteiger partial charge on any atom is 0.407 e. The topological polar surface area (TPSA) is 26.3 Å². The summed E-state index contributed by atoms with van der Waals surface area (Å²) in [5.41, 5.74) is 0. The molecule has 0 amide bonds. The van der Waals surface area contributed by atoms with Crippen molar-refractivity contribution in [3.8, 4) is 0 Å². The SMILES string of the molecule is O=C(CCCC1CCCO1)C(C(F)(F)F)C(F)(F)F. The second kappa shape index (κ2) is 6.11. The molecule has 1 fully saturated rings. The van der Waals surface area contributed by atoms with Crippen molar-refractivity contribution >= 4 is 5.78 Å². The van der Waals surface area contributed by atoms with Crippen molar-refractivity contribution in [3.05, 3.63) is 0 Å². The van der Waals surface area contributed by atoms with Crippen LogP contribution in [0.25, 0.3) is 0 Å². The molecule has 0 N–H and O–H groups in total. The molecule has 0 aromatic carbocycles. The smallest absolute Gasteiger partial charge is 0.378 e. The van der Waals surface area contributed by atoms with Crippen molar-refractivity contribution in [1.29, 1.82) is 0 Å². The van der Waals surface area contributed by atoms with E-state index in [9.17, 15) is 31.1 Å². The molecule has 1 heterocycles. The molecule has 0 spiro atoms. The van der Waals surface area contributed by atoms with E-state index in [4.69, 9.17) is 4.74 Å². The van der Waals surface area contributed by atoms with E-state index in [1.165, 1.54) is 0 Å². The lowest BCUT2D eigenvalue weighted by Gasteiger charge is -2.21. The molecule has 0 aliphatic carbocycles. The molecule has 0 radical (unpaired) electrons. The summed E-state index contributed by atoms with van der Waals surface area (Å²) in [5.74, 6) is -5.69. The number of ketones is 1. The number of halogens is 6. The maximum absolute atomic E-state index is 12.2. The number of hydrogen-bond donors (Lipinski definition) is 0. The highest BCUT2D eigenvalue weighted by Gasteiger charge is 2.60. The molecule has 0 saturated carbocycles. The van der Waals surface area contributed by atoms with Gasteiger partial charge in [0.1, 0.15) is 0 Å². The van der Waals surface area contributed by atoms with E-state index in [1.807, 2.05) is 0 Å². The summed E-state index contributed by atoms with van der Waals surface area (Å²) in [4.78, 5) is 11.1. The summed E-state index contributed by atoms with van der Waals surface area (Å²) < 4.78 is 78.5. The average Bonchev–Trinajstić information content (AvgIpc) is 2.65. The Morgan fingerprint density at radius 3 is 2.16 bits per heavy atom. The summed E-state index contributed by atoms with van der Waals surface area (Å²) in [7, 11) is 0. The molecular weight excluding hydrogens is 278 g/mol. The molecule has 2 nitrogen and oxygen atoms in total. The number of hydrogen-bond acceptors (Lipinski definition) is 2. The molecule has 0 bridgehead atoms. The van der Waals surface area contributed by atoms with Gasteiger partial charge in [-0.25, -0.2) is 0 Å². The van der Waals surface area contributed by atoms with Crippen LogP contribution in [-0.4, -0.2) is 30.8 Å². The van der Waals surface area contributed by atoms with Crippen molar-refractivity contribution in [2.75, 3.05) is 6.61 Å². The summed E-state index contributed by atoms with van der Waals surface area (Å²) in [6.07, 6.45) is -10.2. The van der Waals surface area contributed by atoms with Gasteiger partial charge in [-0.15, -0.1) is 0 Å². The fourth-order valence-corrected chi connectivity index (χ4v) is 2.07. The van der Waals surface area contributed by atoms with Crippen LogP contribution in [0.2, 0.25) is 0 Å². The van der Waals surface area contributed by atoms with Gasteiger partial charge in [0, 0.05) is 13.0 Å². The fourth-order valence-electron chi connectivity index (χ4n) is 2.07. The molecule has 1 atom stereocenters. The lowest BCUT2D eigenvalue weighted by atomic mass is 9.97. The van der Waals surface area contributed by atoms with Gasteiger partial charge in [0.05, 0.1) is 6.10 Å². The molecule has 8 heteroatoms. The van der Waals surface area contributed by atoms with Crippen LogP contribution >= 0.6 is 0 Å². The summed E-state index contributed by atoms with van der Waals surface area (Å²) in [6.45, 7) is 0.548. The zero-order valence-corrected chi connectivity index (χ0v) is 9.98. The molecule has 1 unspecified atom stereocenters. The van der Waals surface area contributed by atoms with Gasteiger partial charge in [0.2, 0.25) is 5.92 Å². The molecule has 1 rings (SSSR count). The third-order valence-corrected chi connectivity index (χ3v) is 2.95. The molecule has 19 heavy (non-hydrogen) atoms. The van der Waals surface area contributed by atoms with Crippen LogP contribution in [0.3, 0.4) is 0 Å². The molecule has 0 aromatic rings. The summed E-state index contributed by atoms with van der Waals surface area (Å²) in [5, 5.41) is 0. The highest BCUT2D eigenvalue weighted by Crippen LogP contribution is 2.40. The number of carbonyl (C=O) groups excluding carboxylic acids is 1. The predicted octanol–water partition coefficient (Wildman–Crippen LogP) is 3.65. The fraction of sp³-hybridized carbons (Fsp3) is 0.909. The lowest BCUT2D eigenvalue weighted by Crippen LogP contribution is -2.42. The minimum Gasteiger partial charge on any atom is -0.378 e. The zero-order valence-electron chi connectivity index (χ0n) is 9.98. The van der Waals surface area contributed by atoms with Gasteiger partial charge in [-0.3, -0.25) is 4.79 Å². The Bertz CT molecular complexity index is 289. The Kier molecular flexibility index (Phi) is 5.23. The van der Waals surface area contributed by atoms with Crippen LogP contribution in [0.5, 0.6) is 0 Å². The third kappa shape index (κ3) is 5.00. The van der Waals surface area contributed by atoms with Gasteiger partial charge in [-0.05, 0) is 25.7 Å². The van der Waals surface area contributed by atoms with Crippen molar-refractivity contribution in [3.63, 3.8) is 0 Å². The Labute approximate surface area is 106 Å². The van der Waals surface area contributed by atoms with Crippen molar-refractivity contribution in [1.82, 2.24) is 0 Å². The Balaban J connectivity index is 2.48. The van der Waals surface area contributed by atoms with Gasteiger partial charge in [0.25, 0.3) is 0 Å². The van der Waals surface area contributed by atoms with E-state index in [1.54, 1.807) is 0 Å². The number of rotatable bonds is 5. The molecule has 1 saturated heterocycles. The van der Waals surface area contributed by atoms with Gasteiger partial charge in [0.15, 0.2) is 5.78 Å². The Hall–Kier alpha value is -0.790. The highest BCUT2D eigenvalue weighted by atomic mass is 19.4. The van der Waals surface area contributed by atoms with Gasteiger partial charge < -0.3 is 4.74 Å². The molecule has 1 aliphatic rings. The number of ether oxygens (including phenoxy) is 1. The van der Waals surface area contributed by atoms with E-state index in [0.29, 0.717) is 13.0 Å². The second-order valence-electron chi connectivity index (χ2n) is 4.51.